The summed E-state index contributed by atoms with van der Waals surface area (Å²) in [7, 11) is 3.84. The molecular formula is C11H23N3OS. The van der Waals surface area contributed by atoms with Crippen molar-refractivity contribution in [1.29, 1.82) is 0 Å². The fraction of sp³-hybridized carbons (Fsp3) is 0.727. The third-order valence-electron chi connectivity index (χ3n) is 2.03. The van der Waals surface area contributed by atoms with Crippen molar-refractivity contribution in [1.82, 2.24) is 10.2 Å². The molecule has 0 saturated heterocycles. The molecule has 0 spiro atoms. The fourth-order valence-corrected chi connectivity index (χ4v) is 1.52. The number of rotatable bonds is 5. The quantitative estimate of drug-likeness (QED) is 0.715. The summed E-state index contributed by atoms with van der Waals surface area (Å²) in [6.07, 6.45) is -0.0340. The van der Waals surface area contributed by atoms with Gasteiger partial charge in [-0.05, 0) is 14.1 Å². The lowest BCUT2D eigenvalue weighted by Crippen LogP contribution is -2.39. The molecule has 1 amide bonds. The van der Waals surface area contributed by atoms with Gasteiger partial charge in [0.15, 0.2) is 0 Å². The standard InChI is InChI=1S/C11H23N3OS/c1-8(13-10(15)11(2,3)4)16-7-9(12)14(5)6/h9H,1,7,12H2,2-6H3,(H,13,15). The van der Waals surface area contributed by atoms with Crippen molar-refractivity contribution in [3.8, 4) is 0 Å². The summed E-state index contributed by atoms with van der Waals surface area (Å²) in [4.78, 5) is 13.5. The summed E-state index contributed by atoms with van der Waals surface area (Å²) < 4.78 is 0. The summed E-state index contributed by atoms with van der Waals surface area (Å²) in [5, 5.41) is 3.42. The molecule has 16 heavy (non-hydrogen) atoms. The minimum Gasteiger partial charge on any atom is -0.321 e. The Bertz CT molecular complexity index is 258. The van der Waals surface area contributed by atoms with E-state index in [4.69, 9.17) is 5.73 Å². The second-order valence-corrected chi connectivity index (χ2v) is 6.08. The van der Waals surface area contributed by atoms with Crippen LogP contribution in [0.5, 0.6) is 0 Å². The largest absolute Gasteiger partial charge is 0.321 e. The Morgan fingerprint density at radius 3 is 2.38 bits per heavy atom. The Morgan fingerprint density at radius 2 is 2.00 bits per heavy atom. The topological polar surface area (TPSA) is 58.4 Å². The molecule has 0 heterocycles. The van der Waals surface area contributed by atoms with Gasteiger partial charge >= 0.3 is 0 Å². The summed E-state index contributed by atoms with van der Waals surface area (Å²) in [6.45, 7) is 9.40. The lowest BCUT2D eigenvalue weighted by Gasteiger charge is -2.21. The highest BCUT2D eigenvalue weighted by Crippen LogP contribution is 2.17. The summed E-state index contributed by atoms with van der Waals surface area (Å²) in [6, 6.07) is 0. The fourth-order valence-electron chi connectivity index (χ4n) is 0.685. The molecule has 0 aromatic rings. The first-order chi connectivity index (χ1) is 7.14. The molecule has 0 saturated carbocycles. The number of nitrogens with two attached hydrogens (primary N) is 1. The second-order valence-electron chi connectivity index (χ2n) is 4.97. The predicted octanol–water partition coefficient (Wildman–Crippen LogP) is 1.20. The Kier molecular flexibility index (Phi) is 6.07. The number of hydrogen-bond acceptors (Lipinski definition) is 4. The molecule has 4 nitrogen and oxygen atoms in total. The highest BCUT2D eigenvalue weighted by atomic mass is 32.2. The number of hydrogen-bond donors (Lipinski definition) is 2. The zero-order valence-electron chi connectivity index (χ0n) is 10.8. The molecule has 0 aliphatic carbocycles. The maximum absolute atomic E-state index is 11.6. The number of nitrogens with zero attached hydrogens (tertiary/aromatic N) is 1. The van der Waals surface area contributed by atoms with Gasteiger partial charge in [0, 0.05) is 11.2 Å². The zero-order valence-corrected chi connectivity index (χ0v) is 11.6. The van der Waals surface area contributed by atoms with Gasteiger partial charge in [-0.3, -0.25) is 9.69 Å². The van der Waals surface area contributed by atoms with Gasteiger partial charge in [0.05, 0.1) is 11.2 Å². The maximum atomic E-state index is 11.6. The van der Waals surface area contributed by atoms with Crippen LogP contribution in [-0.4, -0.2) is 36.8 Å². The number of nitrogens with one attached hydrogen (secondary N) is 1. The van der Waals surface area contributed by atoms with E-state index in [-0.39, 0.29) is 12.1 Å². The normalized spacial score (nSPS) is 13.7. The molecule has 0 radical (unpaired) electrons. The Morgan fingerprint density at radius 1 is 1.50 bits per heavy atom. The molecular weight excluding hydrogens is 222 g/mol. The predicted molar refractivity (Wildman–Crippen MR) is 70.9 cm³/mol. The van der Waals surface area contributed by atoms with Crippen molar-refractivity contribution in [3.05, 3.63) is 11.6 Å². The lowest BCUT2D eigenvalue weighted by atomic mass is 9.96. The Hall–Kier alpha value is -0.520. The van der Waals surface area contributed by atoms with E-state index in [1.54, 1.807) is 0 Å². The van der Waals surface area contributed by atoms with E-state index in [2.05, 4.69) is 11.9 Å². The van der Waals surface area contributed by atoms with Crippen LogP contribution in [0.4, 0.5) is 0 Å². The summed E-state index contributed by atoms with van der Waals surface area (Å²) >= 11 is 1.46. The number of carbonyl (C=O) groups is 1. The van der Waals surface area contributed by atoms with Crippen molar-refractivity contribution < 1.29 is 4.79 Å². The van der Waals surface area contributed by atoms with Gasteiger partial charge in [-0.2, -0.15) is 0 Å². The molecule has 5 heteroatoms. The first-order valence-corrected chi connectivity index (χ1v) is 6.18. The summed E-state index contributed by atoms with van der Waals surface area (Å²) in [5.41, 5.74) is 5.44. The number of thioether (sulfide) groups is 1. The van der Waals surface area contributed by atoms with Gasteiger partial charge in [-0.15, -0.1) is 11.8 Å². The first kappa shape index (κ1) is 15.5. The van der Waals surface area contributed by atoms with Crippen molar-refractivity contribution in [3.63, 3.8) is 0 Å². The van der Waals surface area contributed by atoms with E-state index >= 15 is 0 Å². The van der Waals surface area contributed by atoms with Gasteiger partial charge < -0.3 is 11.1 Å². The Balaban J connectivity index is 3.97. The highest BCUT2D eigenvalue weighted by Gasteiger charge is 2.21. The van der Waals surface area contributed by atoms with Crippen molar-refractivity contribution in [2.75, 3.05) is 19.8 Å². The van der Waals surface area contributed by atoms with E-state index in [0.717, 1.165) is 0 Å². The molecule has 1 unspecified atom stereocenters. The van der Waals surface area contributed by atoms with Gasteiger partial charge in [0.2, 0.25) is 5.91 Å². The minimum atomic E-state index is -0.396. The molecule has 94 valence electrons. The average Bonchev–Trinajstić information content (AvgIpc) is 2.12. The van der Waals surface area contributed by atoms with Crippen LogP contribution in [0.3, 0.4) is 0 Å². The molecule has 0 aromatic carbocycles. The summed E-state index contributed by atoms with van der Waals surface area (Å²) in [5.74, 6) is 0.680. The molecule has 0 aliphatic rings. The SMILES string of the molecule is C=C(NC(=O)C(C)(C)C)SCC(N)N(C)C. The Labute approximate surface area is 103 Å². The van der Waals surface area contributed by atoms with Crippen molar-refractivity contribution in [2.45, 2.75) is 26.9 Å². The van der Waals surface area contributed by atoms with E-state index in [9.17, 15) is 4.79 Å². The zero-order chi connectivity index (χ0) is 12.9. The second kappa shape index (κ2) is 6.27. The minimum absolute atomic E-state index is 0.0246. The van der Waals surface area contributed by atoms with Gasteiger partial charge in [-0.25, -0.2) is 0 Å². The van der Waals surface area contributed by atoms with Crippen LogP contribution in [0, 0.1) is 5.41 Å². The number of amides is 1. The van der Waals surface area contributed by atoms with Crippen molar-refractivity contribution in [2.24, 2.45) is 11.1 Å². The highest BCUT2D eigenvalue weighted by molar-refractivity contribution is 8.03. The third-order valence-corrected chi connectivity index (χ3v) is 2.98. The van der Waals surface area contributed by atoms with Gasteiger partial charge in [0.25, 0.3) is 0 Å². The molecule has 0 bridgehead atoms. The lowest BCUT2D eigenvalue weighted by molar-refractivity contribution is -0.127. The van der Waals surface area contributed by atoms with E-state index in [1.807, 2.05) is 39.8 Å². The van der Waals surface area contributed by atoms with Gasteiger partial charge in [0.1, 0.15) is 0 Å². The molecule has 0 aromatic heterocycles. The van der Waals surface area contributed by atoms with Gasteiger partial charge in [-0.1, -0.05) is 27.4 Å². The third kappa shape index (κ3) is 6.15. The van der Waals surface area contributed by atoms with Crippen LogP contribution in [-0.2, 0) is 4.79 Å². The smallest absolute Gasteiger partial charge is 0.230 e. The average molecular weight is 245 g/mol. The van der Waals surface area contributed by atoms with E-state index in [1.165, 1.54) is 11.8 Å². The van der Waals surface area contributed by atoms with E-state index < -0.39 is 5.41 Å². The number of carbonyl (C=O) groups excluding carboxylic acids is 1. The van der Waals surface area contributed by atoms with Crippen LogP contribution in [0.25, 0.3) is 0 Å². The van der Waals surface area contributed by atoms with Crippen LogP contribution < -0.4 is 11.1 Å². The molecule has 0 rings (SSSR count). The van der Waals surface area contributed by atoms with Crippen LogP contribution >= 0.6 is 11.8 Å². The van der Waals surface area contributed by atoms with Crippen LogP contribution in [0.15, 0.2) is 11.6 Å². The molecule has 0 aliphatic heterocycles. The monoisotopic (exact) mass is 245 g/mol. The van der Waals surface area contributed by atoms with E-state index in [0.29, 0.717) is 10.8 Å². The van der Waals surface area contributed by atoms with Crippen molar-refractivity contribution >= 4 is 17.7 Å². The molecule has 0 fully saturated rings. The molecule has 1 atom stereocenters. The van der Waals surface area contributed by atoms with Crippen LogP contribution in [0.1, 0.15) is 20.8 Å². The first-order valence-electron chi connectivity index (χ1n) is 5.19. The molecule has 3 N–H and O–H groups in total. The van der Waals surface area contributed by atoms with Crippen LogP contribution in [0.2, 0.25) is 0 Å². The maximum Gasteiger partial charge on any atom is 0.230 e.